The molecule has 0 heterocycles. The van der Waals surface area contributed by atoms with Crippen molar-refractivity contribution in [2.24, 2.45) is 0 Å². The molecule has 2 aromatic rings. The molecule has 0 radical (unpaired) electrons. The SMILES string of the molecule is O=C(OCCOc1c(I)cc(I)cc1I)c1c(F)c(F)c(S(=O)(=O)[O-])c(F)c1F. The summed E-state index contributed by atoms with van der Waals surface area (Å²) in [4.78, 5) is 9.47. The fourth-order valence-corrected chi connectivity index (χ4v) is 6.54. The first-order chi connectivity index (χ1) is 13.4. The van der Waals surface area contributed by atoms with Gasteiger partial charge in [0.2, 0.25) is 0 Å². The van der Waals surface area contributed by atoms with Crippen molar-refractivity contribution in [2.75, 3.05) is 13.2 Å². The lowest BCUT2D eigenvalue weighted by Gasteiger charge is -2.14. The largest absolute Gasteiger partial charge is 0.744 e. The van der Waals surface area contributed by atoms with Gasteiger partial charge in [0.05, 0.1) is 7.14 Å². The van der Waals surface area contributed by atoms with Crippen molar-refractivity contribution in [1.29, 1.82) is 0 Å². The second kappa shape index (κ2) is 9.77. The molecule has 0 amide bonds. The zero-order valence-electron chi connectivity index (χ0n) is 13.6. The summed E-state index contributed by atoms with van der Waals surface area (Å²) in [6, 6.07) is 3.62. The van der Waals surface area contributed by atoms with Gasteiger partial charge >= 0.3 is 5.97 Å². The number of halogens is 7. The van der Waals surface area contributed by atoms with E-state index in [0.29, 0.717) is 5.75 Å². The third kappa shape index (κ3) is 5.62. The van der Waals surface area contributed by atoms with Crippen molar-refractivity contribution >= 4 is 83.9 Å². The highest BCUT2D eigenvalue weighted by Gasteiger charge is 2.32. The van der Waals surface area contributed by atoms with Gasteiger partial charge in [-0.1, -0.05) is 0 Å². The normalized spacial score (nSPS) is 11.4. The number of rotatable bonds is 6. The highest BCUT2D eigenvalue weighted by Crippen LogP contribution is 2.30. The first-order valence-corrected chi connectivity index (χ1v) is 11.8. The molecule has 0 aliphatic rings. The van der Waals surface area contributed by atoms with Crippen molar-refractivity contribution in [3.05, 3.63) is 51.7 Å². The van der Waals surface area contributed by atoms with Gasteiger partial charge in [0.15, 0.2) is 23.3 Å². The van der Waals surface area contributed by atoms with Crippen LogP contribution in [0.2, 0.25) is 0 Å². The maximum absolute atomic E-state index is 13.9. The molecule has 0 saturated heterocycles. The first-order valence-electron chi connectivity index (χ1n) is 7.12. The Labute approximate surface area is 202 Å². The Morgan fingerprint density at radius 2 is 1.41 bits per heavy atom. The number of carbonyl (C=O) groups is 1. The molecular weight excluding hydrogens is 765 g/mol. The molecule has 0 unspecified atom stereocenters. The van der Waals surface area contributed by atoms with Gasteiger partial charge in [-0.3, -0.25) is 0 Å². The second-order valence-electron chi connectivity index (χ2n) is 5.10. The van der Waals surface area contributed by atoms with E-state index < -0.39 is 56.4 Å². The van der Waals surface area contributed by atoms with Crippen LogP contribution in [0.3, 0.4) is 0 Å². The number of carbonyl (C=O) groups excluding carboxylic acids is 1. The monoisotopic (exact) mass is 771 g/mol. The van der Waals surface area contributed by atoms with Gasteiger partial charge in [-0.05, 0) is 79.9 Å². The summed E-state index contributed by atoms with van der Waals surface area (Å²) < 4.78 is 99.9. The Kier molecular flexibility index (Phi) is 8.36. The van der Waals surface area contributed by atoms with E-state index in [1.54, 1.807) is 0 Å². The highest BCUT2D eigenvalue weighted by molar-refractivity contribution is 14.1. The first kappa shape index (κ1) is 24.8. The van der Waals surface area contributed by atoms with Crippen LogP contribution in [-0.2, 0) is 14.9 Å². The molecule has 14 heteroatoms. The number of hydrogen-bond acceptors (Lipinski definition) is 6. The van der Waals surface area contributed by atoms with Crippen LogP contribution in [0.4, 0.5) is 17.6 Å². The molecule has 0 bridgehead atoms. The summed E-state index contributed by atoms with van der Waals surface area (Å²) in [6.07, 6.45) is 0. The Hall–Kier alpha value is -0.470. The molecule has 0 atom stereocenters. The van der Waals surface area contributed by atoms with E-state index >= 15 is 0 Å². The molecule has 6 nitrogen and oxygen atoms in total. The van der Waals surface area contributed by atoms with Crippen molar-refractivity contribution in [1.82, 2.24) is 0 Å². The average molecular weight is 771 g/mol. The van der Waals surface area contributed by atoms with E-state index in [1.165, 1.54) is 0 Å². The fourth-order valence-electron chi connectivity index (χ4n) is 2.03. The molecule has 0 aromatic heterocycles. The predicted molar refractivity (Wildman–Crippen MR) is 115 cm³/mol. The van der Waals surface area contributed by atoms with Crippen LogP contribution in [-0.4, -0.2) is 32.2 Å². The summed E-state index contributed by atoms with van der Waals surface area (Å²) in [5.74, 6) is -11.1. The van der Waals surface area contributed by atoms with Gasteiger partial charge in [-0.25, -0.2) is 30.8 Å². The van der Waals surface area contributed by atoms with E-state index in [0.717, 1.165) is 10.7 Å². The molecule has 0 fully saturated rings. The highest BCUT2D eigenvalue weighted by atomic mass is 127. The molecule has 0 aliphatic carbocycles. The summed E-state index contributed by atoms with van der Waals surface area (Å²) in [7, 11) is -5.87. The fraction of sp³-hybridized carbons (Fsp3) is 0.133. The number of hydrogen-bond donors (Lipinski definition) is 0. The summed E-state index contributed by atoms with van der Waals surface area (Å²) in [5, 5.41) is 0. The van der Waals surface area contributed by atoms with Crippen LogP contribution in [0.5, 0.6) is 5.75 Å². The second-order valence-corrected chi connectivity index (χ2v) is 9.98. The van der Waals surface area contributed by atoms with Crippen molar-refractivity contribution in [2.45, 2.75) is 4.90 Å². The van der Waals surface area contributed by atoms with E-state index in [2.05, 4.69) is 27.3 Å². The molecule has 29 heavy (non-hydrogen) atoms. The van der Waals surface area contributed by atoms with Crippen molar-refractivity contribution in [3.8, 4) is 5.75 Å². The minimum absolute atomic E-state index is 0.250. The van der Waals surface area contributed by atoms with Gasteiger partial charge in [0.25, 0.3) is 0 Å². The molecule has 158 valence electrons. The van der Waals surface area contributed by atoms with Crippen LogP contribution in [0.15, 0.2) is 17.0 Å². The maximum atomic E-state index is 13.9. The third-order valence-electron chi connectivity index (χ3n) is 3.20. The molecule has 0 spiro atoms. The molecule has 0 saturated carbocycles. The summed E-state index contributed by atoms with van der Waals surface area (Å²) >= 11 is 6.13. The van der Waals surface area contributed by atoms with E-state index in [-0.39, 0.29) is 6.61 Å². The number of esters is 1. The van der Waals surface area contributed by atoms with Crippen LogP contribution < -0.4 is 4.74 Å². The smallest absolute Gasteiger partial charge is 0.344 e. The quantitative estimate of drug-likeness (QED) is 0.109. The lowest BCUT2D eigenvalue weighted by Crippen LogP contribution is -2.19. The maximum Gasteiger partial charge on any atom is 0.344 e. The molecule has 0 N–H and O–H groups in total. The van der Waals surface area contributed by atoms with Crippen LogP contribution in [0.25, 0.3) is 0 Å². The molecular formula is C15H6F4I3O6S-. The Morgan fingerprint density at radius 3 is 1.86 bits per heavy atom. The van der Waals surface area contributed by atoms with Gasteiger partial charge in [-0.2, -0.15) is 0 Å². The standard InChI is InChI=1S/C15H7F4I3O6S/c16-9-8(10(17)12(19)14(11(9)18)29(24,25)26)15(23)28-2-1-27-13-6(21)3-5(20)4-7(13)22/h3-4H,1-2H2,(H,24,25,26)/p-1. The third-order valence-corrected chi connectivity index (χ3v) is 6.29. The number of benzene rings is 2. The Balaban J connectivity index is 2.17. The Bertz CT molecular complexity index is 1040. The zero-order valence-corrected chi connectivity index (χ0v) is 20.9. The average Bonchev–Trinajstić information content (AvgIpc) is 2.57. The van der Waals surface area contributed by atoms with Crippen LogP contribution in [0.1, 0.15) is 10.4 Å². The molecule has 2 rings (SSSR count). The summed E-state index contributed by atoms with van der Waals surface area (Å²) in [5.41, 5.74) is -1.80. The van der Waals surface area contributed by atoms with Gasteiger partial charge in [0, 0.05) is 3.57 Å². The summed E-state index contributed by atoms with van der Waals surface area (Å²) in [6.45, 7) is -0.791. The lowest BCUT2D eigenvalue weighted by molar-refractivity contribution is 0.0435. The topological polar surface area (TPSA) is 92.7 Å². The minimum Gasteiger partial charge on any atom is -0.744 e. The molecule has 0 aliphatic heterocycles. The van der Waals surface area contributed by atoms with E-state index in [9.17, 15) is 35.3 Å². The van der Waals surface area contributed by atoms with Gasteiger partial charge in [-0.15, -0.1) is 0 Å². The Morgan fingerprint density at radius 1 is 0.931 bits per heavy atom. The van der Waals surface area contributed by atoms with Gasteiger partial charge < -0.3 is 14.0 Å². The molecule has 2 aromatic carbocycles. The van der Waals surface area contributed by atoms with Crippen molar-refractivity contribution < 1.29 is 44.8 Å². The number of ether oxygens (including phenoxy) is 2. The van der Waals surface area contributed by atoms with Crippen LogP contribution >= 0.6 is 67.8 Å². The predicted octanol–water partition coefficient (Wildman–Crippen LogP) is 4.20. The van der Waals surface area contributed by atoms with Crippen molar-refractivity contribution in [3.63, 3.8) is 0 Å². The van der Waals surface area contributed by atoms with Gasteiger partial charge in [0.1, 0.15) is 39.5 Å². The minimum atomic E-state index is -5.87. The van der Waals surface area contributed by atoms with Crippen LogP contribution in [0, 0.1) is 34.0 Å². The zero-order chi connectivity index (χ0) is 22.1. The van der Waals surface area contributed by atoms with E-state index in [4.69, 9.17) is 4.74 Å². The van der Waals surface area contributed by atoms with E-state index in [1.807, 2.05) is 57.3 Å². The lowest BCUT2D eigenvalue weighted by atomic mass is 10.2.